The molecule has 0 saturated carbocycles. The second-order valence-electron chi connectivity index (χ2n) is 5.62. The molecule has 0 unspecified atom stereocenters. The zero-order chi connectivity index (χ0) is 18.5. The van der Waals surface area contributed by atoms with Gasteiger partial charge >= 0.3 is 5.97 Å². The topological polar surface area (TPSA) is 89.1 Å². The largest absolute Gasteiger partial charge is 0.457 e. The molecule has 3 aromatic rings. The minimum absolute atomic E-state index is 0.0227. The summed E-state index contributed by atoms with van der Waals surface area (Å²) in [5.41, 5.74) is 0.802. The molecule has 0 aliphatic carbocycles. The predicted molar refractivity (Wildman–Crippen MR) is 100 cm³/mol. The Morgan fingerprint density at radius 3 is 2.58 bits per heavy atom. The zero-order valence-corrected chi connectivity index (χ0v) is 15.3. The van der Waals surface area contributed by atoms with Crippen LogP contribution >= 0.6 is 15.9 Å². The maximum absolute atomic E-state index is 12.0. The van der Waals surface area contributed by atoms with Crippen LogP contribution in [0.4, 0.5) is 0 Å². The van der Waals surface area contributed by atoms with Crippen molar-refractivity contribution in [3.8, 4) is 0 Å². The lowest BCUT2D eigenvalue weighted by Crippen LogP contribution is -2.16. The number of aromatic nitrogens is 2. The summed E-state index contributed by atoms with van der Waals surface area (Å²) in [6, 6.07) is 13.8. The lowest BCUT2D eigenvalue weighted by atomic mass is 10.1. The van der Waals surface area contributed by atoms with Gasteiger partial charge in [-0.3, -0.25) is 14.4 Å². The van der Waals surface area contributed by atoms with Gasteiger partial charge in [-0.1, -0.05) is 40.2 Å². The Balaban J connectivity index is 1.55. The van der Waals surface area contributed by atoms with E-state index in [4.69, 9.17) is 4.74 Å². The summed E-state index contributed by atoms with van der Waals surface area (Å²) in [5.74, 6) is -0.390. The number of carbonyl (C=O) groups is 2. The highest BCUT2D eigenvalue weighted by molar-refractivity contribution is 9.10. The first-order chi connectivity index (χ1) is 12.5. The monoisotopic (exact) mass is 414 g/mol. The van der Waals surface area contributed by atoms with Gasteiger partial charge in [-0.15, -0.1) is 0 Å². The molecule has 7 heteroatoms. The first-order valence-electron chi connectivity index (χ1n) is 7.95. The molecule has 0 aliphatic rings. The molecule has 0 atom stereocenters. The minimum atomic E-state index is -0.522. The van der Waals surface area contributed by atoms with E-state index in [1.165, 1.54) is 0 Å². The number of H-pyrrole nitrogens is 1. The Morgan fingerprint density at radius 2 is 1.81 bits per heavy atom. The molecule has 0 spiro atoms. The summed E-state index contributed by atoms with van der Waals surface area (Å²) in [5, 5.41) is 0.499. The number of aromatic amines is 1. The van der Waals surface area contributed by atoms with Crippen LogP contribution in [-0.2, 0) is 16.0 Å². The van der Waals surface area contributed by atoms with Gasteiger partial charge in [0.05, 0.1) is 17.3 Å². The van der Waals surface area contributed by atoms with E-state index < -0.39 is 5.97 Å². The maximum Gasteiger partial charge on any atom is 0.306 e. The molecule has 2 aromatic carbocycles. The average Bonchev–Trinajstić information content (AvgIpc) is 2.65. The van der Waals surface area contributed by atoms with Gasteiger partial charge in [0.15, 0.2) is 12.4 Å². The second kappa shape index (κ2) is 8.05. The number of hydrogen-bond acceptors (Lipinski definition) is 5. The van der Waals surface area contributed by atoms with Crippen LogP contribution in [0.5, 0.6) is 0 Å². The van der Waals surface area contributed by atoms with Crippen molar-refractivity contribution < 1.29 is 14.3 Å². The summed E-state index contributed by atoms with van der Waals surface area (Å²) in [6.45, 7) is -0.317. The van der Waals surface area contributed by atoms with E-state index in [9.17, 15) is 14.4 Å². The first kappa shape index (κ1) is 18.0. The summed E-state index contributed by atoms with van der Waals surface area (Å²) in [6.07, 6.45) is 0.250. The smallest absolute Gasteiger partial charge is 0.306 e. The Morgan fingerprint density at radius 1 is 1.08 bits per heavy atom. The molecule has 0 saturated heterocycles. The summed E-state index contributed by atoms with van der Waals surface area (Å²) in [4.78, 5) is 42.8. The van der Waals surface area contributed by atoms with Crippen LogP contribution in [0.2, 0.25) is 0 Å². The van der Waals surface area contributed by atoms with Gasteiger partial charge in [-0.2, -0.15) is 0 Å². The molecule has 26 heavy (non-hydrogen) atoms. The minimum Gasteiger partial charge on any atom is -0.457 e. The highest BCUT2D eigenvalue weighted by Crippen LogP contribution is 2.11. The van der Waals surface area contributed by atoms with E-state index in [1.807, 2.05) is 0 Å². The van der Waals surface area contributed by atoms with Crippen molar-refractivity contribution in [3.63, 3.8) is 0 Å². The quantitative estimate of drug-likeness (QED) is 0.494. The number of rotatable bonds is 6. The molecule has 0 amide bonds. The van der Waals surface area contributed by atoms with Crippen molar-refractivity contribution in [1.29, 1.82) is 0 Å². The predicted octanol–water partition coefficient (Wildman–Crippen LogP) is 3.04. The molecule has 6 nitrogen and oxygen atoms in total. The Bertz CT molecular complexity index is 1010. The molecule has 1 heterocycles. The van der Waals surface area contributed by atoms with E-state index in [1.54, 1.807) is 48.5 Å². The van der Waals surface area contributed by atoms with Crippen molar-refractivity contribution >= 4 is 38.6 Å². The molecule has 0 bridgehead atoms. The van der Waals surface area contributed by atoms with E-state index >= 15 is 0 Å². The molecular weight excluding hydrogens is 400 g/mol. The van der Waals surface area contributed by atoms with Gasteiger partial charge in [-0.25, -0.2) is 4.98 Å². The van der Waals surface area contributed by atoms with Gasteiger partial charge in [0, 0.05) is 16.5 Å². The Hall–Kier alpha value is -2.80. The van der Waals surface area contributed by atoms with Crippen molar-refractivity contribution in [3.05, 3.63) is 74.7 Å². The number of Topliss-reactive ketones (excluding diaryl/α,β-unsaturated/α-hetero) is 1. The number of nitrogens with one attached hydrogen (secondary N) is 1. The van der Waals surface area contributed by atoms with Crippen LogP contribution in [0.3, 0.4) is 0 Å². The van der Waals surface area contributed by atoms with Gasteiger partial charge in [0.2, 0.25) is 0 Å². The number of halogens is 1. The van der Waals surface area contributed by atoms with E-state index in [2.05, 4.69) is 25.9 Å². The Labute approximate surface area is 157 Å². The van der Waals surface area contributed by atoms with Crippen LogP contribution in [0.15, 0.2) is 57.8 Å². The number of esters is 1. The Kier molecular flexibility index (Phi) is 5.58. The number of para-hydroxylation sites is 1. The standard InChI is InChI=1S/C19H15BrN2O4/c20-13-7-5-12(6-8-13)16(23)11-26-18(24)10-9-17-21-15-4-2-1-3-14(15)19(25)22-17/h1-8H,9-11H2,(H,21,22,25). The third kappa shape index (κ3) is 4.43. The molecular formula is C19H15BrN2O4. The molecule has 132 valence electrons. The number of carbonyl (C=O) groups excluding carboxylic acids is 2. The molecule has 1 aromatic heterocycles. The molecule has 3 rings (SSSR count). The van der Waals surface area contributed by atoms with Gasteiger partial charge in [0.25, 0.3) is 5.56 Å². The third-order valence-electron chi connectivity index (χ3n) is 3.76. The van der Waals surface area contributed by atoms with Crippen molar-refractivity contribution in [2.24, 2.45) is 0 Å². The second-order valence-corrected chi connectivity index (χ2v) is 6.54. The van der Waals surface area contributed by atoms with Crippen molar-refractivity contribution in [2.45, 2.75) is 12.8 Å². The number of benzene rings is 2. The first-order valence-corrected chi connectivity index (χ1v) is 8.74. The van der Waals surface area contributed by atoms with Crippen LogP contribution < -0.4 is 5.56 Å². The van der Waals surface area contributed by atoms with E-state index in [-0.39, 0.29) is 30.8 Å². The lowest BCUT2D eigenvalue weighted by molar-refractivity contribution is -0.142. The zero-order valence-electron chi connectivity index (χ0n) is 13.7. The number of ketones is 1. The van der Waals surface area contributed by atoms with Crippen LogP contribution in [0.25, 0.3) is 10.9 Å². The number of fused-ring (bicyclic) bond motifs is 1. The van der Waals surface area contributed by atoms with Crippen molar-refractivity contribution in [1.82, 2.24) is 9.97 Å². The normalized spacial score (nSPS) is 10.7. The number of nitrogens with zero attached hydrogens (tertiary/aromatic N) is 1. The fourth-order valence-corrected chi connectivity index (χ4v) is 2.68. The maximum atomic E-state index is 12.0. The number of aryl methyl sites for hydroxylation is 1. The summed E-state index contributed by atoms with van der Waals surface area (Å²) < 4.78 is 5.87. The highest BCUT2D eigenvalue weighted by Gasteiger charge is 2.11. The average molecular weight is 415 g/mol. The number of ether oxygens (including phenoxy) is 1. The molecule has 0 fully saturated rings. The fraction of sp³-hybridized carbons (Fsp3) is 0.158. The molecule has 1 N–H and O–H groups in total. The van der Waals surface area contributed by atoms with Crippen LogP contribution in [0, 0.1) is 0 Å². The fourth-order valence-electron chi connectivity index (χ4n) is 2.41. The molecule has 0 radical (unpaired) electrons. The van der Waals surface area contributed by atoms with Crippen molar-refractivity contribution in [2.75, 3.05) is 6.61 Å². The van der Waals surface area contributed by atoms with Gasteiger partial charge in [0.1, 0.15) is 5.82 Å². The van der Waals surface area contributed by atoms with Crippen LogP contribution in [-0.4, -0.2) is 28.3 Å². The van der Waals surface area contributed by atoms with Gasteiger partial charge < -0.3 is 9.72 Å². The summed E-state index contributed by atoms with van der Waals surface area (Å²) >= 11 is 3.29. The number of hydrogen-bond donors (Lipinski definition) is 1. The van der Waals surface area contributed by atoms with E-state index in [0.29, 0.717) is 22.3 Å². The van der Waals surface area contributed by atoms with E-state index in [0.717, 1.165) is 4.47 Å². The lowest BCUT2D eigenvalue weighted by Gasteiger charge is -2.05. The summed E-state index contributed by atoms with van der Waals surface area (Å²) in [7, 11) is 0. The highest BCUT2D eigenvalue weighted by atomic mass is 79.9. The molecule has 0 aliphatic heterocycles. The third-order valence-corrected chi connectivity index (χ3v) is 4.29. The SMILES string of the molecule is O=C(CCc1nc2ccccc2c(=O)[nH]1)OCC(=O)c1ccc(Br)cc1. The van der Waals surface area contributed by atoms with Crippen LogP contribution in [0.1, 0.15) is 22.6 Å². The van der Waals surface area contributed by atoms with Gasteiger partial charge in [-0.05, 0) is 24.3 Å².